The first-order chi connectivity index (χ1) is 17.0. The minimum atomic E-state index is -0.279. The lowest BCUT2D eigenvalue weighted by Crippen LogP contribution is -2.48. The van der Waals surface area contributed by atoms with Crippen molar-refractivity contribution in [3.63, 3.8) is 0 Å². The molecule has 35 heavy (non-hydrogen) atoms. The molecule has 0 unspecified atom stereocenters. The highest BCUT2D eigenvalue weighted by Gasteiger charge is 2.29. The maximum atomic E-state index is 13.5. The lowest BCUT2D eigenvalue weighted by atomic mass is 10.1. The number of hydrogen-bond acceptors (Lipinski definition) is 5. The molecule has 0 bridgehead atoms. The Morgan fingerprint density at radius 3 is 2.37 bits per heavy atom. The third kappa shape index (κ3) is 4.57. The fraction of sp³-hybridized carbons (Fsp3) is 0.214. The van der Waals surface area contributed by atoms with E-state index in [4.69, 9.17) is 9.15 Å². The number of aryl methyl sites for hydroxylation is 1. The monoisotopic (exact) mass is 469 g/mol. The van der Waals surface area contributed by atoms with Crippen molar-refractivity contribution in [1.82, 2.24) is 4.90 Å². The number of carbonyl (C=O) groups is 2. The first kappa shape index (κ1) is 22.5. The number of amides is 2. The first-order valence-corrected chi connectivity index (χ1v) is 11.6. The maximum absolute atomic E-state index is 13.5. The van der Waals surface area contributed by atoms with Crippen molar-refractivity contribution in [1.29, 1.82) is 0 Å². The Hall–Kier alpha value is -4.26. The van der Waals surface area contributed by atoms with Gasteiger partial charge in [0.25, 0.3) is 11.8 Å². The molecule has 0 saturated carbocycles. The number of anilines is 2. The van der Waals surface area contributed by atoms with Crippen LogP contribution >= 0.6 is 0 Å². The van der Waals surface area contributed by atoms with Gasteiger partial charge in [0.2, 0.25) is 5.76 Å². The van der Waals surface area contributed by atoms with Gasteiger partial charge >= 0.3 is 0 Å². The van der Waals surface area contributed by atoms with E-state index in [-0.39, 0.29) is 17.6 Å². The van der Waals surface area contributed by atoms with Crippen LogP contribution in [0.1, 0.15) is 26.5 Å². The highest BCUT2D eigenvalue weighted by atomic mass is 16.5. The third-order valence-electron chi connectivity index (χ3n) is 6.31. The van der Waals surface area contributed by atoms with Crippen molar-refractivity contribution >= 4 is 34.2 Å². The number of piperazine rings is 1. The molecule has 0 radical (unpaired) electrons. The average molecular weight is 470 g/mol. The van der Waals surface area contributed by atoms with E-state index in [0.717, 1.165) is 17.0 Å². The summed E-state index contributed by atoms with van der Waals surface area (Å²) in [5, 5.41) is 3.64. The summed E-state index contributed by atoms with van der Waals surface area (Å²) < 4.78 is 11.2. The normalized spacial score (nSPS) is 13.7. The fourth-order valence-corrected chi connectivity index (χ4v) is 4.40. The van der Waals surface area contributed by atoms with Crippen LogP contribution in [0.15, 0.2) is 77.2 Å². The van der Waals surface area contributed by atoms with E-state index in [0.29, 0.717) is 48.4 Å². The second-order valence-corrected chi connectivity index (χ2v) is 8.60. The molecular weight excluding hydrogens is 442 g/mol. The van der Waals surface area contributed by atoms with Gasteiger partial charge in [0.15, 0.2) is 0 Å². The van der Waals surface area contributed by atoms with Gasteiger partial charge in [0, 0.05) is 42.8 Å². The predicted octanol–water partition coefficient (Wildman–Crippen LogP) is 4.96. The Balaban J connectivity index is 1.36. The molecule has 0 atom stereocenters. The van der Waals surface area contributed by atoms with E-state index in [1.54, 1.807) is 24.1 Å². The van der Waals surface area contributed by atoms with Crippen molar-refractivity contribution in [2.24, 2.45) is 0 Å². The van der Waals surface area contributed by atoms with Crippen LogP contribution in [0.2, 0.25) is 0 Å². The van der Waals surface area contributed by atoms with E-state index in [2.05, 4.69) is 10.2 Å². The van der Waals surface area contributed by atoms with Crippen LogP contribution in [0.3, 0.4) is 0 Å². The molecule has 7 heteroatoms. The standard InChI is InChI=1S/C28H27N3O4/c1-19-6-5-7-20(18-19)27(32)29-25-23-8-3-4-9-24(23)35-26(25)28(33)31-16-14-30(15-17-31)21-10-12-22(34-2)13-11-21/h3-13,18H,14-17H2,1-2H3,(H,29,32). The number of ether oxygens (including phenoxy) is 1. The molecular formula is C28H27N3O4. The van der Waals surface area contributed by atoms with Gasteiger partial charge in [0.1, 0.15) is 17.0 Å². The van der Waals surface area contributed by atoms with Gasteiger partial charge in [-0.3, -0.25) is 9.59 Å². The highest BCUT2D eigenvalue weighted by Crippen LogP contribution is 2.33. The zero-order valence-electron chi connectivity index (χ0n) is 19.8. The SMILES string of the molecule is COc1ccc(N2CCN(C(=O)c3oc4ccccc4c3NC(=O)c3cccc(C)c3)CC2)cc1. The summed E-state index contributed by atoms with van der Waals surface area (Å²) in [7, 11) is 1.65. The molecule has 1 fully saturated rings. The number of hydrogen-bond donors (Lipinski definition) is 1. The number of carbonyl (C=O) groups excluding carboxylic acids is 2. The zero-order chi connectivity index (χ0) is 24.4. The fourth-order valence-electron chi connectivity index (χ4n) is 4.40. The number of nitrogens with one attached hydrogen (secondary N) is 1. The van der Waals surface area contributed by atoms with Gasteiger partial charge in [-0.15, -0.1) is 0 Å². The van der Waals surface area contributed by atoms with Crippen LogP contribution in [0.5, 0.6) is 5.75 Å². The summed E-state index contributed by atoms with van der Waals surface area (Å²) in [5.41, 5.74) is 3.58. The van der Waals surface area contributed by atoms with E-state index in [1.807, 2.05) is 67.6 Å². The van der Waals surface area contributed by atoms with Crippen LogP contribution in [0.25, 0.3) is 11.0 Å². The van der Waals surface area contributed by atoms with Gasteiger partial charge in [-0.2, -0.15) is 0 Å². The molecule has 4 aromatic rings. The van der Waals surface area contributed by atoms with Gasteiger partial charge in [-0.25, -0.2) is 0 Å². The van der Waals surface area contributed by atoms with Crippen molar-refractivity contribution in [2.75, 3.05) is 43.5 Å². The summed E-state index contributed by atoms with van der Waals surface area (Å²) in [6, 6.07) is 22.6. The molecule has 1 saturated heterocycles. The molecule has 2 heterocycles. The van der Waals surface area contributed by atoms with Gasteiger partial charge in [-0.1, -0.05) is 29.8 Å². The summed E-state index contributed by atoms with van der Waals surface area (Å²) >= 11 is 0. The molecule has 1 aromatic heterocycles. The topological polar surface area (TPSA) is 75.0 Å². The zero-order valence-corrected chi connectivity index (χ0v) is 19.8. The number of benzene rings is 3. The van der Waals surface area contributed by atoms with Crippen molar-refractivity contribution in [3.8, 4) is 5.75 Å². The molecule has 2 amide bonds. The number of methoxy groups -OCH3 is 1. The molecule has 0 spiro atoms. The number of para-hydroxylation sites is 1. The van der Waals surface area contributed by atoms with Crippen LogP contribution < -0.4 is 15.0 Å². The first-order valence-electron chi connectivity index (χ1n) is 11.6. The minimum Gasteiger partial charge on any atom is -0.497 e. The number of fused-ring (bicyclic) bond motifs is 1. The quantitative estimate of drug-likeness (QED) is 0.447. The Kier molecular flexibility index (Phi) is 6.14. The minimum absolute atomic E-state index is 0.158. The lowest BCUT2D eigenvalue weighted by molar-refractivity contribution is 0.0718. The Morgan fingerprint density at radius 2 is 1.66 bits per heavy atom. The molecule has 7 nitrogen and oxygen atoms in total. The largest absolute Gasteiger partial charge is 0.497 e. The van der Waals surface area contributed by atoms with E-state index in [9.17, 15) is 9.59 Å². The Labute approximate surface area is 203 Å². The maximum Gasteiger partial charge on any atom is 0.291 e. The summed E-state index contributed by atoms with van der Waals surface area (Å²) in [6.07, 6.45) is 0. The highest BCUT2D eigenvalue weighted by molar-refractivity contribution is 6.14. The lowest BCUT2D eigenvalue weighted by Gasteiger charge is -2.35. The van der Waals surface area contributed by atoms with E-state index in [1.165, 1.54) is 0 Å². The summed E-state index contributed by atoms with van der Waals surface area (Å²) in [4.78, 5) is 30.6. The van der Waals surface area contributed by atoms with Crippen LogP contribution in [0, 0.1) is 6.92 Å². The van der Waals surface area contributed by atoms with Crippen molar-refractivity contribution in [2.45, 2.75) is 6.92 Å². The molecule has 1 N–H and O–H groups in total. The second kappa shape index (κ2) is 9.54. The molecule has 0 aliphatic carbocycles. The smallest absolute Gasteiger partial charge is 0.291 e. The van der Waals surface area contributed by atoms with Crippen LogP contribution in [0.4, 0.5) is 11.4 Å². The van der Waals surface area contributed by atoms with Gasteiger partial charge in [-0.05, 0) is 55.5 Å². The van der Waals surface area contributed by atoms with Crippen LogP contribution in [-0.2, 0) is 0 Å². The molecule has 1 aliphatic heterocycles. The summed E-state index contributed by atoms with van der Waals surface area (Å²) in [5.74, 6) is 0.464. The van der Waals surface area contributed by atoms with Gasteiger partial charge < -0.3 is 24.3 Å². The average Bonchev–Trinajstić information content (AvgIpc) is 3.26. The molecule has 5 rings (SSSR count). The molecule has 178 valence electrons. The Morgan fingerprint density at radius 1 is 0.914 bits per heavy atom. The Bertz CT molecular complexity index is 1370. The summed E-state index contributed by atoms with van der Waals surface area (Å²) in [6.45, 7) is 4.43. The van der Waals surface area contributed by atoms with E-state index >= 15 is 0 Å². The number of furan rings is 1. The van der Waals surface area contributed by atoms with Crippen molar-refractivity contribution < 1.29 is 18.7 Å². The number of nitrogens with zero attached hydrogens (tertiary/aromatic N) is 2. The number of rotatable bonds is 5. The second-order valence-electron chi connectivity index (χ2n) is 8.60. The molecule has 1 aliphatic rings. The molecule has 3 aromatic carbocycles. The van der Waals surface area contributed by atoms with Gasteiger partial charge in [0.05, 0.1) is 7.11 Å². The third-order valence-corrected chi connectivity index (χ3v) is 6.31. The van der Waals surface area contributed by atoms with Crippen molar-refractivity contribution in [3.05, 3.63) is 89.7 Å². The van der Waals surface area contributed by atoms with E-state index < -0.39 is 0 Å². The predicted molar refractivity (Wildman–Crippen MR) is 136 cm³/mol. The van der Waals surface area contributed by atoms with Crippen LogP contribution in [-0.4, -0.2) is 50.0 Å².